The van der Waals surface area contributed by atoms with Gasteiger partial charge in [-0.3, -0.25) is 9.59 Å². The highest BCUT2D eigenvalue weighted by Crippen LogP contribution is 2.28. The molecule has 0 bridgehead atoms. The minimum absolute atomic E-state index is 0.151. The van der Waals surface area contributed by atoms with Crippen molar-refractivity contribution < 1.29 is 19.1 Å². The molecule has 0 aliphatic carbocycles. The summed E-state index contributed by atoms with van der Waals surface area (Å²) in [5, 5.41) is 2.84. The predicted molar refractivity (Wildman–Crippen MR) is 102 cm³/mol. The number of rotatable bonds is 8. The number of anilines is 2. The van der Waals surface area contributed by atoms with Gasteiger partial charge >= 0.3 is 0 Å². The van der Waals surface area contributed by atoms with Crippen LogP contribution >= 0.6 is 0 Å². The lowest BCUT2D eigenvalue weighted by atomic mass is 10.2. The molecule has 6 heteroatoms. The summed E-state index contributed by atoms with van der Waals surface area (Å²) in [6.07, 6.45) is 0.151. The van der Waals surface area contributed by atoms with Crippen LogP contribution in [0.15, 0.2) is 48.5 Å². The highest BCUT2D eigenvalue weighted by Gasteiger charge is 2.17. The SMILES string of the molecule is CCOc1ccccc1NC(=O)CCN(C(C)=O)c1ccccc1OC. The van der Waals surface area contributed by atoms with Crippen LogP contribution in [-0.4, -0.2) is 32.1 Å². The van der Waals surface area contributed by atoms with E-state index < -0.39 is 0 Å². The molecule has 26 heavy (non-hydrogen) atoms. The van der Waals surface area contributed by atoms with Crippen LogP contribution in [0.5, 0.6) is 11.5 Å². The number of hydrogen-bond acceptors (Lipinski definition) is 4. The standard InChI is InChI=1S/C20H24N2O4/c1-4-26-18-11-7-5-9-16(18)21-20(24)13-14-22(15(2)23)17-10-6-8-12-19(17)25-3/h5-12H,4,13-14H2,1-3H3,(H,21,24). The summed E-state index contributed by atoms with van der Waals surface area (Å²) in [4.78, 5) is 25.9. The van der Waals surface area contributed by atoms with Crippen molar-refractivity contribution in [1.82, 2.24) is 0 Å². The molecule has 0 atom stereocenters. The van der Waals surface area contributed by atoms with Crippen molar-refractivity contribution >= 4 is 23.2 Å². The van der Waals surface area contributed by atoms with Gasteiger partial charge in [0.2, 0.25) is 11.8 Å². The van der Waals surface area contributed by atoms with Gasteiger partial charge in [-0.2, -0.15) is 0 Å². The van der Waals surface area contributed by atoms with Crippen LogP contribution < -0.4 is 19.7 Å². The molecule has 2 aromatic carbocycles. The zero-order chi connectivity index (χ0) is 18.9. The van der Waals surface area contributed by atoms with Crippen LogP contribution in [-0.2, 0) is 9.59 Å². The molecule has 2 rings (SSSR count). The Labute approximate surface area is 153 Å². The van der Waals surface area contributed by atoms with Crippen molar-refractivity contribution in [2.45, 2.75) is 20.3 Å². The van der Waals surface area contributed by atoms with E-state index in [4.69, 9.17) is 9.47 Å². The van der Waals surface area contributed by atoms with Crippen LogP contribution in [0.4, 0.5) is 11.4 Å². The number of amides is 2. The number of carbonyl (C=O) groups is 2. The molecule has 0 aliphatic heterocycles. The number of para-hydroxylation sites is 4. The van der Waals surface area contributed by atoms with Crippen molar-refractivity contribution in [3.63, 3.8) is 0 Å². The van der Waals surface area contributed by atoms with E-state index in [-0.39, 0.29) is 24.8 Å². The third-order valence-electron chi connectivity index (χ3n) is 3.78. The lowest BCUT2D eigenvalue weighted by molar-refractivity contribution is -0.117. The molecule has 6 nitrogen and oxygen atoms in total. The fraction of sp³-hybridized carbons (Fsp3) is 0.300. The molecule has 0 aliphatic rings. The van der Waals surface area contributed by atoms with Gasteiger partial charge in [0.05, 0.1) is 25.1 Å². The number of hydrogen-bond donors (Lipinski definition) is 1. The minimum Gasteiger partial charge on any atom is -0.495 e. The van der Waals surface area contributed by atoms with E-state index in [1.165, 1.54) is 11.8 Å². The molecule has 0 radical (unpaired) electrons. The van der Waals surface area contributed by atoms with Crippen molar-refractivity contribution in [3.05, 3.63) is 48.5 Å². The molecule has 138 valence electrons. The Balaban J connectivity index is 2.05. The second kappa shape index (κ2) is 9.46. The first-order valence-corrected chi connectivity index (χ1v) is 8.49. The fourth-order valence-electron chi connectivity index (χ4n) is 2.58. The number of nitrogens with one attached hydrogen (secondary N) is 1. The highest BCUT2D eigenvalue weighted by atomic mass is 16.5. The molecule has 0 aromatic heterocycles. The number of benzene rings is 2. The van der Waals surface area contributed by atoms with Gasteiger partial charge in [0.1, 0.15) is 11.5 Å². The molecule has 0 saturated heterocycles. The quantitative estimate of drug-likeness (QED) is 0.786. The van der Waals surface area contributed by atoms with Crippen molar-refractivity contribution in [3.8, 4) is 11.5 Å². The molecular formula is C20H24N2O4. The first-order chi connectivity index (χ1) is 12.6. The number of nitrogens with zero attached hydrogens (tertiary/aromatic N) is 1. The maximum atomic E-state index is 12.3. The van der Waals surface area contributed by atoms with Crippen LogP contribution in [0, 0.1) is 0 Å². The van der Waals surface area contributed by atoms with E-state index in [1.54, 1.807) is 31.4 Å². The van der Waals surface area contributed by atoms with E-state index in [1.807, 2.05) is 31.2 Å². The molecule has 0 spiro atoms. The Bertz CT molecular complexity index is 761. The van der Waals surface area contributed by atoms with Gasteiger partial charge < -0.3 is 19.7 Å². The number of methoxy groups -OCH3 is 1. The fourth-order valence-corrected chi connectivity index (χ4v) is 2.58. The molecule has 1 N–H and O–H groups in total. The van der Waals surface area contributed by atoms with E-state index in [2.05, 4.69) is 5.32 Å². The maximum Gasteiger partial charge on any atom is 0.226 e. The molecule has 0 saturated carbocycles. The van der Waals surface area contributed by atoms with Crippen molar-refractivity contribution in [2.24, 2.45) is 0 Å². The first-order valence-electron chi connectivity index (χ1n) is 8.49. The van der Waals surface area contributed by atoms with Gasteiger partial charge in [0, 0.05) is 19.9 Å². The summed E-state index contributed by atoms with van der Waals surface area (Å²) in [6, 6.07) is 14.5. The third kappa shape index (κ3) is 4.99. The van der Waals surface area contributed by atoms with E-state index in [0.29, 0.717) is 29.5 Å². The van der Waals surface area contributed by atoms with E-state index in [9.17, 15) is 9.59 Å². The van der Waals surface area contributed by atoms with Gasteiger partial charge in [0.25, 0.3) is 0 Å². The van der Waals surface area contributed by atoms with Crippen LogP contribution in [0.2, 0.25) is 0 Å². The van der Waals surface area contributed by atoms with E-state index >= 15 is 0 Å². The monoisotopic (exact) mass is 356 g/mol. The normalized spacial score (nSPS) is 10.1. The number of carbonyl (C=O) groups excluding carboxylic acids is 2. The topological polar surface area (TPSA) is 67.9 Å². The largest absolute Gasteiger partial charge is 0.495 e. The smallest absolute Gasteiger partial charge is 0.226 e. The predicted octanol–water partition coefficient (Wildman–Crippen LogP) is 3.48. The first kappa shape index (κ1) is 19.3. The van der Waals surface area contributed by atoms with Crippen molar-refractivity contribution in [2.75, 3.05) is 30.5 Å². The van der Waals surface area contributed by atoms with Gasteiger partial charge in [-0.05, 0) is 31.2 Å². The lowest BCUT2D eigenvalue weighted by Crippen LogP contribution is -2.32. The van der Waals surface area contributed by atoms with Crippen LogP contribution in [0.3, 0.4) is 0 Å². The van der Waals surface area contributed by atoms with Gasteiger partial charge in [-0.15, -0.1) is 0 Å². The summed E-state index contributed by atoms with van der Waals surface area (Å²) in [6.45, 7) is 4.11. The zero-order valence-corrected chi connectivity index (χ0v) is 15.3. The van der Waals surface area contributed by atoms with Gasteiger partial charge in [-0.25, -0.2) is 0 Å². The average Bonchev–Trinajstić information content (AvgIpc) is 2.64. The Morgan fingerprint density at radius 1 is 1.04 bits per heavy atom. The zero-order valence-electron chi connectivity index (χ0n) is 15.3. The average molecular weight is 356 g/mol. The second-order valence-electron chi connectivity index (χ2n) is 5.57. The highest BCUT2D eigenvalue weighted by molar-refractivity contribution is 5.96. The molecule has 2 aromatic rings. The van der Waals surface area contributed by atoms with Crippen LogP contribution in [0.1, 0.15) is 20.3 Å². The Morgan fingerprint density at radius 3 is 2.35 bits per heavy atom. The van der Waals surface area contributed by atoms with Crippen molar-refractivity contribution in [1.29, 1.82) is 0 Å². The molecule has 0 unspecified atom stereocenters. The Morgan fingerprint density at radius 2 is 1.69 bits per heavy atom. The molecule has 0 fully saturated rings. The summed E-state index contributed by atoms with van der Waals surface area (Å²) in [5.74, 6) is 0.858. The summed E-state index contributed by atoms with van der Waals surface area (Å²) in [7, 11) is 1.55. The third-order valence-corrected chi connectivity index (χ3v) is 3.78. The van der Waals surface area contributed by atoms with Crippen LogP contribution in [0.25, 0.3) is 0 Å². The minimum atomic E-state index is -0.196. The van der Waals surface area contributed by atoms with Gasteiger partial charge in [0.15, 0.2) is 0 Å². The molecular weight excluding hydrogens is 332 g/mol. The van der Waals surface area contributed by atoms with E-state index in [0.717, 1.165) is 0 Å². The second-order valence-corrected chi connectivity index (χ2v) is 5.57. The number of ether oxygens (including phenoxy) is 2. The Kier molecular flexibility index (Phi) is 7.02. The maximum absolute atomic E-state index is 12.3. The molecule has 0 heterocycles. The van der Waals surface area contributed by atoms with Gasteiger partial charge in [-0.1, -0.05) is 24.3 Å². The molecule has 2 amide bonds. The summed E-state index contributed by atoms with van der Waals surface area (Å²) in [5.41, 5.74) is 1.26. The summed E-state index contributed by atoms with van der Waals surface area (Å²) >= 11 is 0. The Hall–Kier alpha value is -3.02. The summed E-state index contributed by atoms with van der Waals surface area (Å²) < 4.78 is 10.8. The lowest BCUT2D eigenvalue weighted by Gasteiger charge is -2.23.